The zero-order valence-electron chi connectivity index (χ0n) is 19.4. The fourth-order valence-corrected chi connectivity index (χ4v) is 4.54. The molecule has 5 heteroatoms. The van der Waals surface area contributed by atoms with Gasteiger partial charge in [-0.05, 0) is 64.3 Å². The summed E-state index contributed by atoms with van der Waals surface area (Å²) in [4.78, 5) is 7.32. The number of pyridine rings is 1. The van der Waals surface area contributed by atoms with Gasteiger partial charge in [-0.1, -0.05) is 30.3 Å². The standard InChI is InChI=1S/C26H34N4O/c1-18(2)30-21(5)24(20(4)28-30)16-29-11-12-31-26(17-29)25-15-23(13-19(3)27-25)14-22-9-7-6-8-10-22/h6-10,13,15,18,26H,11-12,14,16-17H2,1-5H3. The van der Waals surface area contributed by atoms with Crippen molar-refractivity contribution in [3.63, 3.8) is 0 Å². The van der Waals surface area contributed by atoms with Crippen molar-refractivity contribution in [1.29, 1.82) is 0 Å². The Balaban J connectivity index is 1.50. The molecule has 1 aromatic carbocycles. The maximum atomic E-state index is 6.17. The fourth-order valence-electron chi connectivity index (χ4n) is 4.54. The topological polar surface area (TPSA) is 43.2 Å². The molecule has 0 bridgehead atoms. The van der Waals surface area contributed by atoms with Crippen molar-refractivity contribution < 1.29 is 4.74 Å². The monoisotopic (exact) mass is 418 g/mol. The molecule has 0 N–H and O–H groups in total. The number of benzene rings is 1. The van der Waals surface area contributed by atoms with Crippen LogP contribution in [0.4, 0.5) is 0 Å². The van der Waals surface area contributed by atoms with E-state index in [0.717, 1.165) is 49.7 Å². The Morgan fingerprint density at radius 2 is 1.84 bits per heavy atom. The number of aryl methyl sites for hydroxylation is 2. The minimum Gasteiger partial charge on any atom is -0.369 e. The predicted octanol–water partition coefficient (Wildman–Crippen LogP) is 4.95. The van der Waals surface area contributed by atoms with E-state index in [4.69, 9.17) is 14.8 Å². The summed E-state index contributed by atoms with van der Waals surface area (Å²) in [5, 5.41) is 4.76. The van der Waals surface area contributed by atoms with Crippen LogP contribution in [-0.4, -0.2) is 39.4 Å². The van der Waals surface area contributed by atoms with Crippen molar-refractivity contribution in [3.8, 4) is 0 Å². The summed E-state index contributed by atoms with van der Waals surface area (Å²) in [6.07, 6.45) is 0.921. The van der Waals surface area contributed by atoms with E-state index >= 15 is 0 Å². The summed E-state index contributed by atoms with van der Waals surface area (Å²) in [5.41, 5.74) is 8.45. The number of nitrogens with zero attached hydrogens (tertiary/aromatic N) is 4. The molecule has 0 amide bonds. The average Bonchev–Trinajstić information content (AvgIpc) is 3.03. The van der Waals surface area contributed by atoms with Gasteiger partial charge in [-0.3, -0.25) is 14.6 Å². The number of aromatic nitrogens is 3. The van der Waals surface area contributed by atoms with Crippen LogP contribution in [0.15, 0.2) is 42.5 Å². The summed E-state index contributed by atoms with van der Waals surface area (Å²) in [5.74, 6) is 0. The van der Waals surface area contributed by atoms with Gasteiger partial charge in [0.25, 0.3) is 0 Å². The zero-order chi connectivity index (χ0) is 22.0. The Morgan fingerprint density at radius 1 is 1.06 bits per heavy atom. The Morgan fingerprint density at radius 3 is 2.55 bits per heavy atom. The van der Waals surface area contributed by atoms with Gasteiger partial charge in [-0.25, -0.2) is 0 Å². The summed E-state index contributed by atoms with van der Waals surface area (Å²) in [7, 11) is 0. The van der Waals surface area contributed by atoms with Crippen LogP contribution in [0.5, 0.6) is 0 Å². The van der Waals surface area contributed by atoms with Gasteiger partial charge in [0, 0.05) is 42.6 Å². The Bertz CT molecular complexity index is 1030. The first-order valence-corrected chi connectivity index (χ1v) is 11.3. The highest BCUT2D eigenvalue weighted by atomic mass is 16.5. The van der Waals surface area contributed by atoms with E-state index in [2.05, 4.69) is 86.7 Å². The molecular formula is C26H34N4O. The molecule has 0 spiro atoms. The number of ether oxygens (including phenoxy) is 1. The first-order chi connectivity index (χ1) is 14.9. The van der Waals surface area contributed by atoms with E-state index in [9.17, 15) is 0 Å². The Hall–Kier alpha value is -2.50. The molecule has 5 nitrogen and oxygen atoms in total. The summed E-state index contributed by atoms with van der Waals surface area (Å²) < 4.78 is 8.31. The molecule has 1 unspecified atom stereocenters. The molecule has 1 fully saturated rings. The van der Waals surface area contributed by atoms with Gasteiger partial charge in [0.15, 0.2) is 0 Å². The lowest BCUT2D eigenvalue weighted by atomic mass is 10.0. The van der Waals surface area contributed by atoms with Crippen LogP contribution < -0.4 is 0 Å². The van der Waals surface area contributed by atoms with Gasteiger partial charge < -0.3 is 4.74 Å². The molecule has 3 aromatic rings. The third-order valence-electron chi connectivity index (χ3n) is 6.11. The average molecular weight is 419 g/mol. The first kappa shape index (κ1) is 21.7. The molecule has 1 saturated heterocycles. The SMILES string of the molecule is Cc1cc(Cc2ccccc2)cc(C2CN(Cc3c(C)nn(C(C)C)c3C)CCO2)n1. The number of morpholine rings is 1. The summed E-state index contributed by atoms with van der Waals surface area (Å²) in [6, 6.07) is 15.4. The van der Waals surface area contributed by atoms with Gasteiger partial charge in [-0.2, -0.15) is 5.10 Å². The van der Waals surface area contributed by atoms with Crippen LogP contribution in [0.1, 0.15) is 65.5 Å². The highest BCUT2D eigenvalue weighted by Crippen LogP contribution is 2.26. The zero-order valence-corrected chi connectivity index (χ0v) is 19.4. The van der Waals surface area contributed by atoms with E-state index in [1.807, 2.05) is 0 Å². The molecule has 1 aliphatic heterocycles. The fraction of sp³-hybridized carbons (Fsp3) is 0.462. The molecule has 1 atom stereocenters. The second kappa shape index (κ2) is 9.33. The Labute approximate surface area is 186 Å². The second-order valence-electron chi connectivity index (χ2n) is 8.99. The lowest BCUT2D eigenvalue weighted by molar-refractivity contribution is -0.0352. The number of hydrogen-bond acceptors (Lipinski definition) is 4. The third-order valence-corrected chi connectivity index (χ3v) is 6.11. The molecule has 4 rings (SSSR count). The molecule has 2 aromatic heterocycles. The molecule has 3 heterocycles. The Kier molecular flexibility index (Phi) is 6.54. The van der Waals surface area contributed by atoms with E-state index in [0.29, 0.717) is 6.04 Å². The van der Waals surface area contributed by atoms with Gasteiger partial charge >= 0.3 is 0 Å². The molecular weight excluding hydrogens is 384 g/mol. The van der Waals surface area contributed by atoms with Crippen molar-refractivity contribution >= 4 is 0 Å². The van der Waals surface area contributed by atoms with Crippen molar-refractivity contribution in [2.45, 2.75) is 59.7 Å². The van der Waals surface area contributed by atoms with E-state index in [1.54, 1.807) is 0 Å². The minimum absolute atomic E-state index is 0.00364. The summed E-state index contributed by atoms with van der Waals surface area (Å²) in [6.45, 7) is 14.2. The highest BCUT2D eigenvalue weighted by molar-refractivity contribution is 5.30. The molecule has 0 radical (unpaired) electrons. The van der Waals surface area contributed by atoms with Crippen LogP contribution in [0.2, 0.25) is 0 Å². The minimum atomic E-state index is 0.00364. The second-order valence-corrected chi connectivity index (χ2v) is 8.99. The van der Waals surface area contributed by atoms with Gasteiger partial charge in [0.1, 0.15) is 6.10 Å². The van der Waals surface area contributed by atoms with Crippen molar-refractivity contribution in [2.75, 3.05) is 19.7 Å². The summed E-state index contributed by atoms with van der Waals surface area (Å²) >= 11 is 0. The number of hydrogen-bond donors (Lipinski definition) is 0. The van der Waals surface area contributed by atoms with Gasteiger partial charge in [0.05, 0.1) is 18.0 Å². The van der Waals surface area contributed by atoms with Gasteiger partial charge in [0.2, 0.25) is 0 Å². The lowest BCUT2D eigenvalue weighted by Crippen LogP contribution is -2.38. The van der Waals surface area contributed by atoms with Crippen LogP contribution in [0.25, 0.3) is 0 Å². The molecule has 1 aliphatic rings. The van der Waals surface area contributed by atoms with Crippen LogP contribution in [0.3, 0.4) is 0 Å². The number of rotatable bonds is 6. The normalized spacial score (nSPS) is 17.4. The van der Waals surface area contributed by atoms with Crippen LogP contribution in [-0.2, 0) is 17.7 Å². The van der Waals surface area contributed by atoms with Gasteiger partial charge in [-0.15, -0.1) is 0 Å². The van der Waals surface area contributed by atoms with Crippen molar-refractivity contribution in [1.82, 2.24) is 19.7 Å². The van der Waals surface area contributed by atoms with Crippen molar-refractivity contribution in [3.05, 3.63) is 81.9 Å². The molecule has 0 aliphatic carbocycles. The first-order valence-electron chi connectivity index (χ1n) is 11.3. The lowest BCUT2D eigenvalue weighted by Gasteiger charge is -2.33. The maximum absolute atomic E-state index is 6.17. The van der Waals surface area contributed by atoms with Crippen molar-refractivity contribution in [2.24, 2.45) is 0 Å². The van der Waals surface area contributed by atoms with Crippen LogP contribution in [0, 0.1) is 20.8 Å². The predicted molar refractivity (Wildman–Crippen MR) is 124 cm³/mol. The smallest absolute Gasteiger partial charge is 0.112 e. The molecule has 0 saturated carbocycles. The van der Waals surface area contributed by atoms with E-state index < -0.39 is 0 Å². The molecule has 31 heavy (non-hydrogen) atoms. The van der Waals surface area contributed by atoms with E-state index in [1.165, 1.54) is 22.4 Å². The largest absolute Gasteiger partial charge is 0.369 e. The highest BCUT2D eigenvalue weighted by Gasteiger charge is 2.25. The maximum Gasteiger partial charge on any atom is 0.112 e. The van der Waals surface area contributed by atoms with Crippen LogP contribution >= 0.6 is 0 Å². The van der Waals surface area contributed by atoms with E-state index in [-0.39, 0.29) is 6.10 Å². The third kappa shape index (κ3) is 5.05. The quantitative estimate of drug-likeness (QED) is 0.568. The molecule has 164 valence electrons.